The van der Waals surface area contributed by atoms with Crippen molar-refractivity contribution in [1.29, 1.82) is 0 Å². The summed E-state index contributed by atoms with van der Waals surface area (Å²) in [5.41, 5.74) is -0.480. The Morgan fingerprint density at radius 3 is 2.12 bits per heavy atom. The lowest BCUT2D eigenvalue weighted by atomic mass is 9.81. The summed E-state index contributed by atoms with van der Waals surface area (Å²) in [6.07, 6.45) is -0.172. The van der Waals surface area contributed by atoms with E-state index in [-0.39, 0.29) is 12.0 Å². The zero-order valence-electron chi connectivity index (χ0n) is 9.47. The van der Waals surface area contributed by atoms with Gasteiger partial charge in [0.2, 0.25) is 0 Å². The van der Waals surface area contributed by atoms with Crippen molar-refractivity contribution in [3.63, 3.8) is 0 Å². The first kappa shape index (κ1) is 12.6. The fourth-order valence-electron chi connectivity index (χ4n) is 1.52. The first-order valence-electron chi connectivity index (χ1n) is 4.92. The molecule has 0 bridgehead atoms. The molecule has 0 fully saturated rings. The van der Waals surface area contributed by atoms with E-state index in [1.807, 2.05) is 0 Å². The van der Waals surface area contributed by atoms with Crippen molar-refractivity contribution in [1.82, 2.24) is 0 Å². The third kappa shape index (κ3) is 2.56. The van der Waals surface area contributed by atoms with Crippen molar-refractivity contribution in [2.24, 2.45) is 0 Å². The third-order valence-electron chi connectivity index (χ3n) is 2.66. The van der Waals surface area contributed by atoms with Gasteiger partial charge in [-0.3, -0.25) is 4.79 Å². The van der Waals surface area contributed by atoms with Crippen LogP contribution < -0.4 is 0 Å². The average Bonchev–Trinajstić information content (AvgIpc) is 2.11. The summed E-state index contributed by atoms with van der Waals surface area (Å²) in [5.74, 6) is -2.28. The highest BCUT2D eigenvalue weighted by Gasteiger charge is 2.25. The number of carboxylic acids is 1. The van der Waals surface area contributed by atoms with E-state index < -0.39 is 23.0 Å². The largest absolute Gasteiger partial charge is 0.481 e. The zero-order chi connectivity index (χ0) is 12.5. The van der Waals surface area contributed by atoms with Gasteiger partial charge in [0.1, 0.15) is 11.6 Å². The summed E-state index contributed by atoms with van der Waals surface area (Å²) in [6, 6.07) is 2.39. The number of carbonyl (C=O) groups is 1. The summed E-state index contributed by atoms with van der Waals surface area (Å²) in [7, 11) is 0. The van der Waals surface area contributed by atoms with Gasteiger partial charge in [-0.25, -0.2) is 8.78 Å². The molecule has 0 aliphatic rings. The van der Waals surface area contributed by atoms with Gasteiger partial charge in [0, 0.05) is 11.0 Å². The minimum absolute atomic E-state index is 0.0464. The quantitative estimate of drug-likeness (QED) is 0.863. The third-order valence-corrected chi connectivity index (χ3v) is 2.66. The molecule has 0 unspecified atom stereocenters. The van der Waals surface area contributed by atoms with Crippen LogP contribution in [0.15, 0.2) is 12.1 Å². The maximum Gasteiger partial charge on any atom is 0.304 e. The number of aliphatic carboxylic acids is 1. The highest BCUT2D eigenvalue weighted by molar-refractivity contribution is 5.68. The van der Waals surface area contributed by atoms with Crippen LogP contribution in [0.2, 0.25) is 0 Å². The van der Waals surface area contributed by atoms with Gasteiger partial charge in [-0.05, 0) is 24.6 Å². The summed E-state index contributed by atoms with van der Waals surface area (Å²) in [4.78, 5) is 10.6. The van der Waals surface area contributed by atoms with Crippen LogP contribution >= 0.6 is 0 Å². The molecule has 0 atom stereocenters. The van der Waals surface area contributed by atoms with Crippen molar-refractivity contribution in [2.45, 2.75) is 32.6 Å². The van der Waals surface area contributed by atoms with Crippen LogP contribution in [0.25, 0.3) is 0 Å². The van der Waals surface area contributed by atoms with E-state index >= 15 is 0 Å². The molecule has 0 aromatic heterocycles. The molecule has 1 aromatic rings. The van der Waals surface area contributed by atoms with Gasteiger partial charge in [-0.1, -0.05) is 13.8 Å². The summed E-state index contributed by atoms with van der Waals surface area (Å²) < 4.78 is 26.6. The second-order valence-electron chi connectivity index (χ2n) is 4.52. The standard InChI is InChI=1S/C12H14F2O2/c1-7-9(13)4-8(5-10(7)14)12(2,3)6-11(15)16/h4-5H,6H2,1-3H3,(H,15,16). The zero-order valence-corrected chi connectivity index (χ0v) is 9.47. The molecular weight excluding hydrogens is 214 g/mol. The molecule has 0 radical (unpaired) electrons. The second kappa shape index (κ2) is 4.20. The van der Waals surface area contributed by atoms with E-state index in [1.54, 1.807) is 13.8 Å². The van der Waals surface area contributed by atoms with E-state index in [1.165, 1.54) is 19.1 Å². The molecule has 1 rings (SSSR count). The molecular formula is C12H14F2O2. The van der Waals surface area contributed by atoms with Gasteiger partial charge in [-0.2, -0.15) is 0 Å². The SMILES string of the molecule is Cc1c(F)cc(C(C)(C)CC(=O)O)cc1F. The van der Waals surface area contributed by atoms with Gasteiger partial charge in [0.25, 0.3) is 0 Å². The van der Waals surface area contributed by atoms with Crippen LogP contribution in [-0.4, -0.2) is 11.1 Å². The smallest absolute Gasteiger partial charge is 0.304 e. The van der Waals surface area contributed by atoms with Crippen LogP contribution in [0.4, 0.5) is 8.78 Å². The number of halogens is 2. The van der Waals surface area contributed by atoms with Crippen molar-refractivity contribution in [3.05, 3.63) is 34.9 Å². The van der Waals surface area contributed by atoms with Crippen molar-refractivity contribution in [2.75, 3.05) is 0 Å². The lowest BCUT2D eigenvalue weighted by Gasteiger charge is -2.23. The van der Waals surface area contributed by atoms with Crippen LogP contribution in [0.3, 0.4) is 0 Å². The van der Waals surface area contributed by atoms with Gasteiger partial charge in [0.05, 0.1) is 6.42 Å². The Morgan fingerprint density at radius 2 is 1.75 bits per heavy atom. The maximum absolute atomic E-state index is 13.3. The summed E-state index contributed by atoms with van der Waals surface area (Å²) >= 11 is 0. The minimum Gasteiger partial charge on any atom is -0.481 e. The minimum atomic E-state index is -0.994. The van der Waals surface area contributed by atoms with Crippen molar-refractivity contribution < 1.29 is 18.7 Å². The molecule has 88 valence electrons. The predicted molar refractivity (Wildman–Crippen MR) is 56.4 cm³/mol. The Balaban J connectivity index is 3.18. The molecule has 0 saturated carbocycles. The maximum atomic E-state index is 13.3. The Labute approximate surface area is 92.9 Å². The Kier molecular flexibility index (Phi) is 3.31. The Morgan fingerprint density at radius 1 is 1.31 bits per heavy atom. The summed E-state index contributed by atoms with van der Waals surface area (Å²) in [5, 5.41) is 8.72. The van der Waals surface area contributed by atoms with Crippen LogP contribution in [-0.2, 0) is 10.2 Å². The highest BCUT2D eigenvalue weighted by Crippen LogP contribution is 2.29. The lowest BCUT2D eigenvalue weighted by Crippen LogP contribution is -2.22. The molecule has 0 aliphatic carbocycles. The molecule has 0 aliphatic heterocycles. The molecule has 2 nitrogen and oxygen atoms in total. The number of hydrogen-bond donors (Lipinski definition) is 1. The van der Waals surface area contributed by atoms with Crippen LogP contribution in [0, 0.1) is 18.6 Å². The highest BCUT2D eigenvalue weighted by atomic mass is 19.1. The average molecular weight is 228 g/mol. The van der Waals surface area contributed by atoms with Crippen LogP contribution in [0.1, 0.15) is 31.4 Å². The molecule has 0 saturated heterocycles. The van der Waals surface area contributed by atoms with Crippen molar-refractivity contribution in [3.8, 4) is 0 Å². The lowest BCUT2D eigenvalue weighted by molar-refractivity contribution is -0.138. The first-order chi connectivity index (χ1) is 7.24. The number of carboxylic acid groups (broad SMARTS) is 1. The topological polar surface area (TPSA) is 37.3 Å². The van der Waals surface area contributed by atoms with Crippen molar-refractivity contribution >= 4 is 5.97 Å². The number of rotatable bonds is 3. The molecule has 1 N–H and O–H groups in total. The summed E-state index contributed by atoms with van der Waals surface area (Å²) in [6.45, 7) is 4.63. The van der Waals surface area contributed by atoms with E-state index in [4.69, 9.17) is 5.11 Å². The fraction of sp³-hybridized carbons (Fsp3) is 0.417. The van der Waals surface area contributed by atoms with E-state index in [2.05, 4.69) is 0 Å². The molecule has 0 spiro atoms. The first-order valence-corrected chi connectivity index (χ1v) is 4.92. The molecule has 0 heterocycles. The number of hydrogen-bond acceptors (Lipinski definition) is 1. The van der Waals surface area contributed by atoms with Crippen LogP contribution in [0.5, 0.6) is 0 Å². The molecule has 4 heteroatoms. The second-order valence-corrected chi connectivity index (χ2v) is 4.52. The van der Waals surface area contributed by atoms with Gasteiger partial charge in [-0.15, -0.1) is 0 Å². The van der Waals surface area contributed by atoms with Gasteiger partial charge < -0.3 is 5.11 Å². The molecule has 16 heavy (non-hydrogen) atoms. The van der Waals surface area contributed by atoms with E-state index in [0.29, 0.717) is 5.56 Å². The fourth-order valence-corrected chi connectivity index (χ4v) is 1.52. The monoisotopic (exact) mass is 228 g/mol. The predicted octanol–water partition coefficient (Wildman–Crippen LogP) is 3.03. The molecule has 0 amide bonds. The van der Waals surface area contributed by atoms with Gasteiger partial charge >= 0.3 is 5.97 Å². The Bertz CT molecular complexity index is 402. The normalized spacial score (nSPS) is 11.6. The van der Waals surface area contributed by atoms with Gasteiger partial charge in [0.15, 0.2) is 0 Å². The van der Waals surface area contributed by atoms with E-state index in [9.17, 15) is 13.6 Å². The Hall–Kier alpha value is -1.45. The van der Waals surface area contributed by atoms with E-state index in [0.717, 1.165) is 0 Å². The molecule has 1 aromatic carbocycles. The number of benzene rings is 1.